The third-order valence-electron chi connectivity index (χ3n) is 6.42. The van der Waals surface area contributed by atoms with Crippen molar-refractivity contribution < 1.29 is 18.0 Å². The molecule has 1 N–H and O–H groups in total. The van der Waals surface area contributed by atoms with Crippen LogP contribution in [0.3, 0.4) is 0 Å². The summed E-state index contributed by atoms with van der Waals surface area (Å²) in [7, 11) is -4.09. The van der Waals surface area contributed by atoms with E-state index in [9.17, 15) is 18.0 Å². The predicted octanol–water partition coefficient (Wildman–Crippen LogP) is 5.60. The SMILES string of the molecule is CCCNC(=O)[C@H](C)N(Cc1cccc(Cl)c1)C(=O)CN(c1ccc(C(C)C)cc1)S(=O)(=O)c1ccccc1. The molecule has 0 saturated heterocycles. The lowest BCUT2D eigenvalue weighted by Gasteiger charge is -2.32. The second kappa shape index (κ2) is 13.6. The van der Waals surface area contributed by atoms with Crippen LogP contribution in [-0.4, -0.2) is 44.3 Å². The average Bonchev–Trinajstić information content (AvgIpc) is 2.93. The summed E-state index contributed by atoms with van der Waals surface area (Å²) in [6.07, 6.45) is 0.746. The Morgan fingerprint density at radius 1 is 0.923 bits per heavy atom. The summed E-state index contributed by atoms with van der Waals surface area (Å²) in [5.74, 6) is -0.567. The zero-order valence-electron chi connectivity index (χ0n) is 22.8. The Hall–Kier alpha value is -3.36. The molecule has 0 aliphatic carbocycles. The molecule has 0 fully saturated rings. The second-order valence-electron chi connectivity index (χ2n) is 9.69. The largest absolute Gasteiger partial charge is 0.354 e. The maximum atomic E-state index is 13.9. The molecule has 3 aromatic rings. The van der Waals surface area contributed by atoms with E-state index in [1.165, 1.54) is 17.0 Å². The van der Waals surface area contributed by atoms with Crippen LogP contribution >= 0.6 is 11.6 Å². The van der Waals surface area contributed by atoms with Crippen molar-refractivity contribution in [2.24, 2.45) is 0 Å². The minimum Gasteiger partial charge on any atom is -0.354 e. The normalized spacial score (nSPS) is 12.2. The van der Waals surface area contributed by atoms with Gasteiger partial charge in [-0.15, -0.1) is 0 Å². The lowest BCUT2D eigenvalue weighted by molar-refractivity contribution is -0.139. The number of hydrogen-bond acceptors (Lipinski definition) is 4. The fraction of sp³-hybridized carbons (Fsp3) is 0.333. The molecule has 0 spiro atoms. The number of halogens is 1. The van der Waals surface area contributed by atoms with Gasteiger partial charge in [-0.2, -0.15) is 0 Å². The highest BCUT2D eigenvalue weighted by Crippen LogP contribution is 2.26. The first-order valence-corrected chi connectivity index (χ1v) is 14.9. The van der Waals surface area contributed by atoms with E-state index in [4.69, 9.17) is 11.6 Å². The monoisotopic (exact) mass is 569 g/mol. The van der Waals surface area contributed by atoms with Crippen LogP contribution < -0.4 is 9.62 Å². The summed E-state index contributed by atoms with van der Waals surface area (Å²) >= 11 is 6.18. The number of rotatable bonds is 12. The molecule has 0 aromatic heterocycles. The van der Waals surface area contributed by atoms with Gasteiger partial charge in [0, 0.05) is 18.1 Å². The van der Waals surface area contributed by atoms with Gasteiger partial charge in [0.2, 0.25) is 11.8 Å². The number of benzene rings is 3. The van der Waals surface area contributed by atoms with Crippen LogP contribution in [-0.2, 0) is 26.2 Å². The Labute approximate surface area is 236 Å². The van der Waals surface area contributed by atoms with Crippen molar-refractivity contribution in [1.29, 1.82) is 0 Å². The first-order valence-electron chi connectivity index (χ1n) is 13.0. The Bertz CT molecular complexity index is 1360. The van der Waals surface area contributed by atoms with Crippen molar-refractivity contribution in [3.8, 4) is 0 Å². The molecule has 0 aliphatic heterocycles. The molecule has 2 amide bonds. The van der Waals surface area contributed by atoms with E-state index in [2.05, 4.69) is 19.2 Å². The molecule has 0 radical (unpaired) electrons. The Kier molecular flexibility index (Phi) is 10.5. The van der Waals surface area contributed by atoms with Gasteiger partial charge >= 0.3 is 0 Å². The second-order valence-corrected chi connectivity index (χ2v) is 12.0. The summed E-state index contributed by atoms with van der Waals surface area (Å²) in [5.41, 5.74) is 2.14. The van der Waals surface area contributed by atoms with Gasteiger partial charge in [0.05, 0.1) is 10.6 Å². The molecule has 3 rings (SSSR count). The van der Waals surface area contributed by atoms with Crippen LogP contribution in [0.5, 0.6) is 0 Å². The zero-order chi connectivity index (χ0) is 28.6. The maximum Gasteiger partial charge on any atom is 0.264 e. The molecule has 0 bridgehead atoms. The van der Waals surface area contributed by atoms with Crippen LogP contribution in [0.4, 0.5) is 5.69 Å². The number of hydrogen-bond donors (Lipinski definition) is 1. The number of anilines is 1. The zero-order valence-corrected chi connectivity index (χ0v) is 24.4. The number of carbonyl (C=O) groups excluding carboxylic acids is 2. The molecule has 9 heteroatoms. The Morgan fingerprint density at radius 2 is 1.59 bits per heavy atom. The molecule has 0 heterocycles. The molecule has 0 aliphatic rings. The quantitative estimate of drug-likeness (QED) is 0.307. The Morgan fingerprint density at radius 3 is 2.18 bits per heavy atom. The highest BCUT2D eigenvalue weighted by molar-refractivity contribution is 7.92. The minimum atomic E-state index is -4.09. The van der Waals surface area contributed by atoms with Crippen LogP contribution in [0.15, 0.2) is 83.8 Å². The number of amides is 2. The smallest absolute Gasteiger partial charge is 0.264 e. The van der Waals surface area contributed by atoms with Gasteiger partial charge in [0.25, 0.3) is 10.0 Å². The van der Waals surface area contributed by atoms with E-state index >= 15 is 0 Å². The average molecular weight is 570 g/mol. The number of carbonyl (C=O) groups is 2. The van der Waals surface area contributed by atoms with Gasteiger partial charge in [-0.25, -0.2) is 8.42 Å². The highest BCUT2D eigenvalue weighted by atomic mass is 35.5. The predicted molar refractivity (Wildman–Crippen MR) is 156 cm³/mol. The topological polar surface area (TPSA) is 86.8 Å². The van der Waals surface area contributed by atoms with Crippen LogP contribution in [0.25, 0.3) is 0 Å². The van der Waals surface area contributed by atoms with E-state index in [1.807, 2.05) is 25.1 Å². The van der Waals surface area contributed by atoms with Crippen LogP contribution in [0.1, 0.15) is 51.2 Å². The third kappa shape index (κ3) is 7.83. The minimum absolute atomic E-state index is 0.0702. The van der Waals surface area contributed by atoms with Crippen molar-refractivity contribution >= 4 is 39.1 Å². The van der Waals surface area contributed by atoms with Gasteiger partial charge in [0.1, 0.15) is 12.6 Å². The summed E-state index contributed by atoms with van der Waals surface area (Å²) < 4.78 is 28.7. The van der Waals surface area contributed by atoms with E-state index < -0.39 is 28.5 Å². The molecular weight excluding hydrogens is 534 g/mol. The van der Waals surface area contributed by atoms with Gasteiger partial charge in [-0.1, -0.05) is 74.8 Å². The van der Waals surface area contributed by atoms with E-state index in [1.54, 1.807) is 55.5 Å². The lowest BCUT2D eigenvalue weighted by atomic mass is 10.0. The fourth-order valence-corrected chi connectivity index (χ4v) is 5.73. The molecule has 208 valence electrons. The summed E-state index contributed by atoms with van der Waals surface area (Å²) in [5, 5.41) is 3.33. The van der Waals surface area contributed by atoms with Gasteiger partial charge in [-0.05, 0) is 66.8 Å². The Balaban J connectivity index is 2.02. The third-order valence-corrected chi connectivity index (χ3v) is 8.44. The summed E-state index contributed by atoms with van der Waals surface area (Å²) in [4.78, 5) is 28.3. The molecule has 0 saturated carbocycles. The summed E-state index contributed by atoms with van der Waals surface area (Å²) in [6.45, 7) is 7.76. The van der Waals surface area contributed by atoms with Crippen molar-refractivity contribution in [2.75, 3.05) is 17.4 Å². The van der Waals surface area contributed by atoms with Crippen molar-refractivity contribution in [2.45, 2.75) is 57.5 Å². The van der Waals surface area contributed by atoms with E-state index in [0.717, 1.165) is 21.9 Å². The van der Waals surface area contributed by atoms with Crippen molar-refractivity contribution in [3.05, 3.63) is 95.0 Å². The fourth-order valence-electron chi connectivity index (χ4n) is 4.08. The first-order chi connectivity index (χ1) is 18.5. The number of sulfonamides is 1. The van der Waals surface area contributed by atoms with E-state index in [0.29, 0.717) is 17.3 Å². The van der Waals surface area contributed by atoms with Crippen LogP contribution in [0, 0.1) is 0 Å². The van der Waals surface area contributed by atoms with Crippen molar-refractivity contribution in [1.82, 2.24) is 10.2 Å². The molecule has 1 atom stereocenters. The van der Waals surface area contributed by atoms with E-state index in [-0.39, 0.29) is 23.3 Å². The summed E-state index contributed by atoms with van der Waals surface area (Å²) in [6, 6.07) is 21.3. The first kappa shape index (κ1) is 30.2. The maximum absolute atomic E-state index is 13.9. The van der Waals surface area contributed by atoms with Crippen molar-refractivity contribution in [3.63, 3.8) is 0 Å². The van der Waals surface area contributed by atoms with Crippen LogP contribution in [0.2, 0.25) is 5.02 Å². The molecule has 39 heavy (non-hydrogen) atoms. The van der Waals surface area contributed by atoms with Gasteiger partial charge < -0.3 is 10.2 Å². The highest BCUT2D eigenvalue weighted by Gasteiger charge is 2.32. The lowest BCUT2D eigenvalue weighted by Crippen LogP contribution is -2.51. The number of nitrogens with zero attached hydrogens (tertiary/aromatic N) is 2. The molecular formula is C30H36ClN3O4S. The molecule has 7 nitrogen and oxygen atoms in total. The molecule has 3 aromatic carbocycles. The van der Waals surface area contributed by atoms with Gasteiger partial charge in [-0.3, -0.25) is 13.9 Å². The number of nitrogens with one attached hydrogen (secondary N) is 1. The standard InChI is InChI=1S/C30H36ClN3O4S/c1-5-18-32-30(36)23(4)33(20-24-10-9-11-26(31)19-24)29(35)21-34(27-16-14-25(15-17-27)22(2)3)39(37,38)28-12-7-6-8-13-28/h6-17,19,22-23H,5,18,20-21H2,1-4H3,(H,32,36)/t23-/m0/s1. The van der Waals surface area contributed by atoms with Gasteiger partial charge in [0.15, 0.2) is 0 Å². The molecule has 0 unspecified atom stereocenters.